The predicted molar refractivity (Wildman–Crippen MR) is 86.8 cm³/mol. The summed E-state index contributed by atoms with van der Waals surface area (Å²) in [5.41, 5.74) is 4.83. The van der Waals surface area contributed by atoms with Crippen molar-refractivity contribution >= 4 is 22.9 Å². The van der Waals surface area contributed by atoms with E-state index in [0.29, 0.717) is 0 Å². The summed E-state index contributed by atoms with van der Waals surface area (Å²) in [6, 6.07) is 0.283. The Morgan fingerprint density at radius 1 is 1.40 bits per heavy atom. The number of halogens is 1. The Bertz CT molecular complexity index is 574. The minimum atomic E-state index is 0.283. The second-order valence-electron chi connectivity index (χ2n) is 4.93. The van der Waals surface area contributed by atoms with E-state index in [1.165, 1.54) is 11.1 Å². The maximum absolute atomic E-state index is 6.50. The molecule has 3 nitrogen and oxygen atoms in total. The van der Waals surface area contributed by atoms with E-state index in [1.54, 1.807) is 11.3 Å². The summed E-state index contributed by atoms with van der Waals surface area (Å²) < 4.78 is 2.03. The van der Waals surface area contributed by atoms with E-state index in [-0.39, 0.29) is 6.04 Å². The van der Waals surface area contributed by atoms with Gasteiger partial charge in [0.1, 0.15) is 0 Å². The number of likely N-dealkylation sites (N-methyl/N-ethyl adjacent to an activating group) is 1. The molecule has 0 bridgehead atoms. The average molecular weight is 312 g/mol. The third kappa shape index (κ3) is 2.92. The summed E-state index contributed by atoms with van der Waals surface area (Å²) in [6.07, 6.45) is 1.74. The van der Waals surface area contributed by atoms with Gasteiger partial charge in [-0.2, -0.15) is 16.4 Å². The molecule has 5 heteroatoms. The fourth-order valence-corrected chi connectivity index (χ4v) is 3.75. The fraction of sp³-hybridized carbons (Fsp3) is 0.533. The lowest BCUT2D eigenvalue weighted by atomic mass is 10.0. The van der Waals surface area contributed by atoms with Crippen LogP contribution in [0.1, 0.15) is 42.4 Å². The lowest BCUT2D eigenvalue weighted by Gasteiger charge is -2.17. The summed E-state index contributed by atoms with van der Waals surface area (Å²) in [7, 11) is 2.00. The van der Waals surface area contributed by atoms with Crippen molar-refractivity contribution < 1.29 is 0 Å². The Morgan fingerprint density at radius 3 is 2.65 bits per heavy atom. The second-order valence-corrected chi connectivity index (χ2v) is 6.05. The van der Waals surface area contributed by atoms with E-state index in [1.807, 2.05) is 11.7 Å². The molecule has 0 aliphatic heterocycles. The number of hydrogen-bond donors (Lipinski definition) is 1. The third-order valence-corrected chi connectivity index (χ3v) is 5.03. The van der Waals surface area contributed by atoms with Crippen LogP contribution in [-0.4, -0.2) is 16.8 Å². The molecule has 1 atom stereocenters. The van der Waals surface area contributed by atoms with Crippen molar-refractivity contribution in [2.75, 3.05) is 7.05 Å². The van der Waals surface area contributed by atoms with Gasteiger partial charge in [-0.1, -0.05) is 18.5 Å². The van der Waals surface area contributed by atoms with Gasteiger partial charge in [-0.05, 0) is 49.2 Å². The van der Waals surface area contributed by atoms with Crippen LogP contribution in [0.5, 0.6) is 0 Å². The van der Waals surface area contributed by atoms with E-state index < -0.39 is 0 Å². The number of aryl methyl sites for hydroxylation is 3. The first-order valence-corrected chi connectivity index (χ1v) is 8.38. The molecule has 0 spiro atoms. The van der Waals surface area contributed by atoms with E-state index in [9.17, 15) is 0 Å². The Balaban J connectivity index is 2.32. The van der Waals surface area contributed by atoms with Gasteiger partial charge in [0.25, 0.3) is 0 Å². The molecule has 1 N–H and O–H groups in total. The maximum Gasteiger partial charge on any atom is 0.0850 e. The highest BCUT2D eigenvalue weighted by Gasteiger charge is 2.20. The molecule has 2 rings (SSSR count). The molecule has 1 unspecified atom stereocenters. The van der Waals surface area contributed by atoms with E-state index in [0.717, 1.165) is 35.8 Å². The van der Waals surface area contributed by atoms with E-state index in [2.05, 4.69) is 41.9 Å². The Hall–Kier alpha value is -0.840. The first kappa shape index (κ1) is 15.5. The molecule has 0 aliphatic carbocycles. The van der Waals surface area contributed by atoms with Gasteiger partial charge >= 0.3 is 0 Å². The highest BCUT2D eigenvalue weighted by Crippen LogP contribution is 2.29. The molecule has 0 saturated carbocycles. The van der Waals surface area contributed by atoms with Gasteiger partial charge < -0.3 is 5.32 Å². The first-order chi connectivity index (χ1) is 9.62. The van der Waals surface area contributed by atoms with Gasteiger partial charge in [0.2, 0.25) is 0 Å². The highest BCUT2D eigenvalue weighted by atomic mass is 35.5. The van der Waals surface area contributed by atoms with Crippen LogP contribution >= 0.6 is 22.9 Å². The smallest absolute Gasteiger partial charge is 0.0850 e. The molecule has 2 aromatic rings. The normalized spacial score (nSPS) is 12.8. The molecule has 2 aromatic heterocycles. The molecule has 0 aliphatic rings. The fourth-order valence-electron chi connectivity index (χ4n) is 2.50. The van der Waals surface area contributed by atoms with Gasteiger partial charge in [0.15, 0.2) is 0 Å². The molecular weight excluding hydrogens is 290 g/mol. The number of nitrogens with one attached hydrogen (secondary N) is 1. The lowest BCUT2D eigenvalue weighted by molar-refractivity contribution is 0.540. The molecule has 0 aromatic carbocycles. The van der Waals surface area contributed by atoms with Gasteiger partial charge in [-0.25, -0.2) is 0 Å². The molecule has 110 valence electrons. The van der Waals surface area contributed by atoms with Crippen molar-refractivity contribution in [1.29, 1.82) is 0 Å². The molecule has 20 heavy (non-hydrogen) atoms. The zero-order valence-electron chi connectivity index (χ0n) is 12.5. The monoisotopic (exact) mass is 311 g/mol. The van der Waals surface area contributed by atoms with Crippen molar-refractivity contribution in [3.63, 3.8) is 0 Å². The number of hydrogen-bond acceptors (Lipinski definition) is 3. The first-order valence-electron chi connectivity index (χ1n) is 7.06. The summed E-state index contributed by atoms with van der Waals surface area (Å²) >= 11 is 8.25. The molecular formula is C15H22ClN3S. The quantitative estimate of drug-likeness (QED) is 0.874. The highest BCUT2D eigenvalue weighted by molar-refractivity contribution is 7.08. The zero-order chi connectivity index (χ0) is 14.7. The molecule has 0 amide bonds. The van der Waals surface area contributed by atoms with Crippen LogP contribution in [0, 0.1) is 6.92 Å². The summed E-state index contributed by atoms with van der Waals surface area (Å²) in [5, 5.41) is 13.2. The topological polar surface area (TPSA) is 29.9 Å². The lowest BCUT2D eigenvalue weighted by Crippen LogP contribution is -2.21. The Morgan fingerprint density at radius 2 is 2.15 bits per heavy atom. The molecule has 0 saturated heterocycles. The van der Waals surface area contributed by atoms with Gasteiger partial charge in [0.05, 0.1) is 16.4 Å². The van der Waals surface area contributed by atoms with E-state index in [4.69, 9.17) is 11.6 Å². The molecule has 2 heterocycles. The van der Waals surface area contributed by atoms with Crippen molar-refractivity contribution in [3.8, 4) is 0 Å². The summed E-state index contributed by atoms with van der Waals surface area (Å²) in [4.78, 5) is 0. The Kier molecular flexibility index (Phi) is 5.24. The van der Waals surface area contributed by atoms with Crippen LogP contribution in [0.2, 0.25) is 5.02 Å². The van der Waals surface area contributed by atoms with Crippen LogP contribution in [0.25, 0.3) is 0 Å². The van der Waals surface area contributed by atoms with Crippen molar-refractivity contribution in [2.24, 2.45) is 0 Å². The number of thiophene rings is 1. The minimum Gasteiger partial charge on any atom is -0.313 e. The van der Waals surface area contributed by atoms with E-state index >= 15 is 0 Å². The maximum atomic E-state index is 6.50. The van der Waals surface area contributed by atoms with Crippen LogP contribution in [0.4, 0.5) is 0 Å². The van der Waals surface area contributed by atoms with Crippen LogP contribution < -0.4 is 5.32 Å². The number of rotatable bonds is 6. The summed E-state index contributed by atoms with van der Waals surface area (Å²) in [5.74, 6) is 0. The van der Waals surface area contributed by atoms with Crippen molar-refractivity contribution in [2.45, 2.75) is 46.2 Å². The zero-order valence-corrected chi connectivity index (χ0v) is 14.1. The summed E-state index contributed by atoms with van der Waals surface area (Å²) in [6.45, 7) is 7.22. The standard InChI is InChI=1S/C15H22ClN3S/c1-5-12-15(16)14(19(6-2)18-12)7-13(17-4)11-9-20-8-10(11)3/h8-9,13,17H,5-7H2,1-4H3. The predicted octanol–water partition coefficient (Wildman–Crippen LogP) is 3.99. The van der Waals surface area contributed by atoms with Crippen LogP contribution in [-0.2, 0) is 19.4 Å². The van der Waals surface area contributed by atoms with Gasteiger partial charge in [-0.3, -0.25) is 4.68 Å². The van der Waals surface area contributed by atoms with Crippen molar-refractivity contribution in [1.82, 2.24) is 15.1 Å². The second kappa shape index (κ2) is 6.74. The van der Waals surface area contributed by atoms with Crippen LogP contribution in [0.3, 0.4) is 0 Å². The minimum absolute atomic E-state index is 0.283. The molecule has 0 radical (unpaired) electrons. The third-order valence-electron chi connectivity index (χ3n) is 3.71. The van der Waals surface area contributed by atoms with Gasteiger partial charge in [0, 0.05) is 19.0 Å². The van der Waals surface area contributed by atoms with Gasteiger partial charge in [-0.15, -0.1) is 0 Å². The largest absolute Gasteiger partial charge is 0.313 e. The number of nitrogens with zero attached hydrogens (tertiary/aromatic N) is 2. The average Bonchev–Trinajstić information content (AvgIpc) is 3.00. The number of aromatic nitrogens is 2. The van der Waals surface area contributed by atoms with Crippen LogP contribution in [0.15, 0.2) is 10.8 Å². The molecule has 0 fully saturated rings. The Labute approximate surface area is 130 Å². The SMILES string of the molecule is CCc1nn(CC)c(CC(NC)c2cscc2C)c1Cl. The van der Waals surface area contributed by atoms with Crippen molar-refractivity contribution in [3.05, 3.63) is 38.3 Å².